The lowest BCUT2D eigenvalue weighted by atomic mass is 9.98. The number of carbonyl (C=O) groups excluding carboxylic acids is 1. The molecule has 4 aromatic rings. The van der Waals surface area contributed by atoms with Crippen molar-refractivity contribution in [2.75, 3.05) is 18.2 Å². The van der Waals surface area contributed by atoms with Gasteiger partial charge in [0.2, 0.25) is 5.91 Å². The van der Waals surface area contributed by atoms with Gasteiger partial charge in [0.25, 0.3) is 0 Å². The Morgan fingerprint density at radius 2 is 1.59 bits per heavy atom. The fraction of sp³-hybridized carbons (Fsp3) is 0.138. The summed E-state index contributed by atoms with van der Waals surface area (Å²) in [5.41, 5.74) is 4.66. The molecular weight excluding hydrogens is 527 g/mol. The number of anilines is 1. The van der Waals surface area contributed by atoms with Crippen molar-refractivity contribution < 1.29 is 27.4 Å². The summed E-state index contributed by atoms with van der Waals surface area (Å²) in [6.45, 7) is 1.97. The number of methoxy groups -OCH3 is 1. The number of nitrogens with zero attached hydrogens (tertiary/aromatic N) is 2. The van der Waals surface area contributed by atoms with Gasteiger partial charge in [0.15, 0.2) is 0 Å². The maximum Gasteiger partial charge on any atom is 0.573 e. The number of aryl methyl sites for hydroxylation is 1. The van der Waals surface area contributed by atoms with Gasteiger partial charge in [-0.1, -0.05) is 41.6 Å². The van der Waals surface area contributed by atoms with E-state index in [1.165, 1.54) is 12.1 Å². The molecule has 0 fully saturated rings. The van der Waals surface area contributed by atoms with Crippen molar-refractivity contribution >= 4 is 23.4 Å². The average molecular weight is 550 g/mol. The van der Waals surface area contributed by atoms with Crippen LogP contribution < -0.4 is 14.8 Å². The molecule has 1 heterocycles. The SMILES string of the molecule is COc1ccc(-c2cc(-c3ccc(C)cc3)c(C#N)c(SCC(=O)Nc3ccc(OC(F)(F)F)cc3)n2)cc1. The van der Waals surface area contributed by atoms with E-state index < -0.39 is 18.0 Å². The van der Waals surface area contributed by atoms with Crippen molar-refractivity contribution in [1.82, 2.24) is 4.98 Å². The van der Waals surface area contributed by atoms with Gasteiger partial charge in [0.05, 0.1) is 24.1 Å². The second kappa shape index (κ2) is 11.9. The Balaban J connectivity index is 1.59. The van der Waals surface area contributed by atoms with Crippen LogP contribution in [0.25, 0.3) is 22.4 Å². The summed E-state index contributed by atoms with van der Waals surface area (Å²) in [5, 5.41) is 13.0. The molecule has 0 aliphatic rings. The molecule has 0 saturated carbocycles. The number of benzene rings is 3. The summed E-state index contributed by atoms with van der Waals surface area (Å²) in [7, 11) is 1.58. The molecule has 0 unspecified atom stereocenters. The molecular formula is C29H22F3N3O3S. The molecule has 198 valence electrons. The number of halogens is 3. The highest BCUT2D eigenvalue weighted by Gasteiger charge is 2.31. The Bertz CT molecular complexity index is 1500. The maximum absolute atomic E-state index is 12.6. The topological polar surface area (TPSA) is 84.2 Å². The number of hydrogen-bond donors (Lipinski definition) is 1. The summed E-state index contributed by atoms with van der Waals surface area (Å²) in [6, 6.07) is 24.0. The highest BCUT2D eigenvalue weighted by molar-refractivity contribution is 8.00. The van der Waals surface area contributed by atoms with Crippen LogP contribution in [0.15, 0.2) is 83.9 Å². The number of carbonyl (C=O) groups is 1. The Kier molecular flexibility index (Phi) is 8.42. The Morgan fingerprint density at radius 3 is 2.18 bits per heavy atom. The quantitative estimate of drug-likeness (QED) is 0.233. The van der Waals surface area contributed by atoms with Gasteiger partial charge in [0.1, 0.15) is 22.6 Å². The predicted octanol–water partition coefficient (Wildman–Crippen LogP) is 7.23. The maximum atomic E-state index is 12.6. The van der Waals surface area contributed by atoms with Crippen molar-refractivity contribution in [3.63, 3.8) is 0 Å². The summed E-state index contributed by atoms with van der Waals surface area (Å²) in [6.07, 6.45) is -4.80. The van der Waals surface area contributed by atoms with E-state index in [4.69, 9.17) is 9.72 Å². The number of hydrogen-bond acceptors (Lipinski definition) is 6. The van der Waals surface area contributed by atoms with Crippen LogP contribution in [0.2, 0.25) is 0 Å². The normalized spacial score (nSPS) is 11.0. The monoisotopic (exact) mass is 549 g/mol. The van der Waals surface area contributed by atoms with Crippen LogP contribution in [-0.2, 0) is 4.79 Å². The predicted molar refractivity (Wildman–Crippen MR) is 144 cm³/mol. The molecule has 10 heteroatoms. The first kappa shape index (κ1) is 27.5. The lowest BCUT2D eigenvalue weighted by molar-refractivity contribution is -0.274. The zero-order chi connectivity index (χ0) is 28.0. The third-order valence-electron chi connectivity index (χ3n) is 5.56. The van der Waals surface area contributed by atoms with Crippen LogP contribution in [0.3, 0.4) is 0 Å². The summed E-state index contributed by atoms with van der Waals surface area (Å²) < 4.78 is 46.2. The first-order valence-electron chi connectivity index (χ1n) is 11.6. The summed E-state index contributed by atoms with van der Waals surface area (Å²) in [5.74, 6) is -0.198. The summed E-state index contributed by atoms with van der Waals surface area (Å²) in [4.78, 5) is 17.3. The lowest BCUT2D eigenvalue weighted by Crippen LogP contribution is -2.17. The minimum atomic E-state index is -4.80. The molecule has 1 amide bonds. The standard InChI is InChI=1S/C29H22F3N3O3S/c1-18-3-5-19(6-4-18)24-15-26(20-7-11-22(37-2)12-8-20)35-28(25(24)16-33)39-17-27(36)34-21-9-13-23(14-10-21)38-29(30,31)32/h3-15H,17H2,1-2H3,(H,34,36). The van der Waals surface area contributed by atoms with E-state index in [1.807, 2.05) is 61.5 Å². The van der Waals surface area contributed by atoms with Gasteiger partial charge in [-0.2, -0.15) is 5.26 Å². The smallest absolute Gasteiger partial charge is 0.497 e. The number of pyridine rings is 1. The number of rotatable bonds is 8. The van der Waals surface area contributed by atoms with Crippen LogP contribution in [0.4, 0.5) is 18.9 Å². The first-order chi connectivity index (χ1) is 18.6. The third-order valence-corrected chi connectivity index (χ3v) is 6.53. The fourth-order valence-corrected chi connectivity index (χ4v) is 4.48. The van der Waals surface area contributed by atoms with E-state index in [2.05, 4.69) is 16.1 Å². The molecule has 0 radical (unpaired) electrons. The molecule has 6 nitrogen and oxygen atoms in total. The van der Waals surface area contributed by atoms with Gasteiger partial charge in [0, 0.05) is 16.8 Å². The van der Waals surface area contributed by atoms with Crippen molar-refractivity contribution in [3.8, 4) is 40.0 Å². The van der Waals surface area contributed by atoms with Crippen LogP contribution >= 0.6 is 11.8 Å². The van der Waals surface area contributed by atoms with Crippen LogP contribution in [0, 0.1) is 18.3 Å². The van der Waals surface area contributed by atoms with Gasteiger partial charge >= 0.3 is 6.36 Å². The molecule has 0 atom stereocenters. The van der Waals surface area contributed by atoms with E-state index in [1.54, 1.807) is 7.11 Å². The van der Waals surface area contributed by atoms with Crippen molar-refractivity contribution in [2.45, 2.75) is 18.3 Å². The third kappa shape index (κ3) is 7.30. The van der Waals surface area contributed by atoms with Crippen LogP contribution in [-0.4, -0.2) is 30.1 Å². The molecule has 1 N–H and O–H groups in total. The zero-order valence-electron chi connectivity index (χ0n) is 20.9. The Hall–Kier alpha value is -4.49. The van der Waals surface area contributed by atoms with E-state index in [0.29, 0.717) is 33.3 Å². The largest absolute Gasteiger partial charge is 0.573 e. The van der Waals surface area contributed by atoms with E-state index in [9.17, 15) is 23.2 Å². The zero-order valence-corrected chi connectivity index (χ0v) is 21.7. The molecule has 0 saturated heterocycles. The van der Waals surface area contributed by atoms with E-state index in [-0.39, 0.29) is 5.75 Å². The number of alkyl halides is 3. The average Bonchev–Trinajstić information content (AvgIpc) is 2.92. The highest BCUT2D eigenvalue weighted by Crippen LogP contribution is 2.35. The molecule has 0 aliphatic carbocycles. The highest BCUT2D eigenvalue weighted by atomic mass is 32.2. The molecule has 3 aromatic carbocycles. The Morgan fingerprint density at radius 1 is 0.974 bits per heavy atom. The molecule has 39 heavy (non-hydrogen) atoms. The van der Waals surface area contributed by atoms with Crippen LogP contribution in [0.5, 0.6) is 11.5 Å². The Labute approximate surface area is 227 Å². The number of aromatic nitrogens is 1. The first-order valence-corrected chi connectivity index (χ1v) is 12.6. The molecule has 4 rings (SSSR count). The number of nitriles is 1. The minimum Gasteiger partial charge on any atom is -0.497 e. The van der Waals surface area contributed by atoms with Crippen molar-refractivity contribution in [1.29, 1.82) is 5.26 Å². The molecule has 0 spiro atoms. The second-order valence-electron chi connectivity index (χ2n) is 8.35. The summed E-state index contributed by atoms with van der Waals surface area (Å²) >= 11 is 1.09. The fourth-order valence-electron chi connectivity index (χ4n) is 3.68. The number of nitrogens with one attached hydrogen (secondary N) is 1. The van der Waals surface area contributed by atoms with E-state index in [0.717, 1.165) is 40.6 Å². The molecule has 0 bridgehead atoms. The second-order valence-corrected chi connectivity index (χ2v) is 9.31. The van der Waals surface area contributed by atoms with Crippen molar-refractivity contribution in [3.05, 3.63) is 90.0 Å². The van der Waals surface area contributed by atoms with Gasteiger partial charge in [-0.15, -0.1) is 13.2 Å². The van der Waals surface area contributed by atoms with Gasteiger partial charge in [-0.25, -0.2) is 4.98 Å². The van der Waals surface area contributed by atoms with Crippen molar-refractivity contribution in [2.24, 2.45) is 0 Å². The van der Waals surface area contributed by atoms with E-state index >= 15 is 0 Å². The number of ether oxygens (including phenoxy) is 2. The van der Waals surface area contributed by atoms with Crippen LogP contribution in [0.1, 0.15) is 11.1 Å². The minimum absolute atomic E-state index is 0.0815. The molecule has 0 aliphatic heterocycles. The number of amides is 1. The number of thioether (sulfide) groups is 1. The van der Waals surface area contributed by atoms with Gasteiger partial charge in [-0.3, -0.25) is 4.79 Å². The van der Waals surface area contributed by atoms with Gasteiger partial charge in [-0.05, 0) is 67.1 Å². The van der Waals surface area contributed by atoms with Gasteiger partial charge < -0.3 is 14.8 Å². The lowest BCUT2D eigenvalue weighted by Gasteiger charge is -2.13. The molecule has 1 aromatic heterocycles.